The summed E-state index contributed by atoms with van der Waals surface area (Å²) in [6, 6.07) is 11.6. The van der Waals surface area contributed by atoms with Gasteiger partial charge in [0.15, 0.2) is 11.5 Å². The van der Waals surface area contributed by atoms with Gasteiger partial charge in [-0.1, -0.05) is 31.4 Å². The lowest BCUT2D eigenvalue weighted by molar-refractivity contribution is 0.0927. The van der Waals surface area contributed by atoms with Crippen molar-refractivity contribution < 1.29 is 19.1 Å². The number of methoxy groups -OCH3 is 2. The third-order valence-corrected chi connectivity index (χ3v) is 7.00. The monoisotopic (exact) mass is 477 g/mol. The van der Waals surface area contributed by atoms with Crippen LogP contribution in [0.5, 0.6) is 11.5 Å². The first kappa shape index (κ1) is 24.6. The normalized spacial score (nSPS) is 18.1. The Kier molecular flexibility index (Phi) is 7.63. The second-order valence-corrected chi connectivity index (χ2v) is 9.31. The van der Waals surface area contributed by atoms with E-state index in [9.17, 15) is 9.59 Å². The first-order valence-electron chi connectivity index (χ1n) is 12.3. The van der Waals surface area contributed by atoms with E-state index in [1.807, 2.05) is 49.5 Å². The third kappa shape index (κ3) is 5.29. The summed E-state index contributed by atoms with van der Waals surface area (Å²) < 4.78 is 11.1. The van der Waals surface area contributed by atoms with Crippen molar-refractivity contribution in [2.45, 2.75) is 57.5 Å². The van der Waals surface area contributed by atoms with Crippen LogP contribution in [0.1, 0.15) is 66.1 Å². The van der Waals surface area contributed by atoms with Gasteiger partial charge in [-0.2, -0.15) is 0 Å². The maximum absolute atomic E-state index is 12.8. The van der Waals surface area contributed by atoms with Crippen LogP contribution in [-0.4, -0.2) is 50.2 Å². The molecule has 1 heterocycles. The lowest BCUT2D eigenvalue weighted by atomic mass is 9.92. The molecule has 1 aliphatic heterocycles. The number of carbonyl (C=O) groups excluding carboxylic acids is 2. The number of hydrogen-bond donors (Lipinski definition) is 2. The van der Waals surface area contributed by atoms with Gasteiger partial charge in [-0.25, -0.2) is 4.79 Å². The van der Waals surface area contributed by atoms with Crippen molar-refractivity contribution in [2.24, 2.45) is 0 Å². The molecule has 2 N–H and O–H groups in total. The van der Waals surface area contributed by atoms with Crippen LogP contribution < -0.4 is 20.1 Å². The van der Waals surface area contributed by atoms with Crippen LogP contribution in [-0.2, 0) is 6.42 Å². The summed E-state index contributed by atoms with van der Waals surface area (Å²) in [7, 11) is 4.87. The van der Waals surface area contributed by atoms with E-state index in [1.165, 1.54) is 19.3 Å². The second kappa shape index (κ2) is 10.8. The Morgan fingerprint density at radius 2 is 1.63 bits per heavy atom. The van der Waals surface area contributed by atoms with Crippen molar-refractivity contribution in [3.8, 4) is 11.5 Å². The Balaban J connectivity index is 1.71. The fourth-order valence-electron chi connectivity index (χ4n) is 5.03. The summed E-state index contributed by atoms with van der Waals surface area (Å²) in [5, 5.41) is 5.92. The summed E-state index contributed by atoms with van der Waals surface area (Å²) in [4.78, 5) is 27.2. The number of ether oxygens (including phenoxy) is 2. The predicted octanol–water partition coefficient (Wildman–Crippen LogP) is 4.74. The second-order valence-electron chi connectivity index (χ2n) is 9.31. The Morgan fingerprint density at radius 3 is 2.26 bits per heavy atom. The van der Waals surface area contributed by atoms with Gasteiger partial charge in [0.05, 0.1) is 14.2 Å². The van der Waals surface area contributed by atoms with Crippen molar-refractivity contribution >= 4 is 17.5 Å². The van der Waals surface area contributed by atoms with E-state index in [0.29, 0.717) is 23.5 Å². The molecule has 1 saturated carbocycles. The number of nitrogens with one attached hydrogen (secondary N) is 2. The number of benzene rings is 2. The van der Waals surface area contributed by atoms with Gasteiger partial charge in [-0.15, -0.1) is 0 Å². The van der Waals surface area contributed by atoms with Crippen molar-refractivity contribution in [3.05, 3.63) is 64.9 Å². The van der Waals surface area contributed by atoms with E-state index < -0.39 is 0 Å². The molecule has 3 amide bonds. The van der Waals surface area contributed by atoms with Gasteiger partial charge in [-0.05, 0) is 67.1 Å². The average Bonchev–Trinajstić information content (AvgIpc) is 3.03. The highest BCUT2D eigenvalue weighted by molar-refractivity contribution is 5.95. The fourth-order valence-corrected chi connectivity index (χ4v) is 5.03. The lowest BCUT2D eigenvalue weighted by Crippen LogP contribution is -2.40. The number of amides is 3. The molecule has 2 aliphatic rings. The molecule has 2 aromatic rings. The topological polar surface area (TPSA) is 79.9 Å². The molecule has 1 unspecified atom stereocenters. The molecular formula is C28H35N3O4. The molecule has 1 aliphatic carbocycles. The van der Waals surface area contributed by atoms with E-state index in [4.69, 9.17) is 9.47 Å². The molecule has 0 saturated heterocycles. The molecule has 2 aromatic carbocycles. The fraction of sp³-hybridized carbons (Fsp3) is 0.429. The maximum atomic E-state index is 12.8. The van der Waals surface area contributed by atoms with Crippen LogP contribution >= 0.6 is 0 Å². The van der Waals surface area contributed by atoms with E-state index in [0.717, 1.165) is 35.1 Å². The Morgan fingerprint density at radius 1 is 0.971 bits per heavy atom. The molecule has 35 heavy (non-hydrogen) atoms. The highest BCUT2D eigenvalue weighted by Crippen LogP contribution is 2.39. The summed E-state index contributed by atoms with van der Waals surface area (Å²) >= 11 is 0. The van der Waals surface area contributed by atoms with Crippen LogP contribution in [0.2, 0.25) is 0 Å². The number of hydrogen-bond acceptors (Lipinski definition) is 4. The molecule has 186 valence electrons. The van der Waals surface area contributed by atoms with Crippen LogP contribution in [0.3, 0.4) is 0 Å². The van der Waals surface area contributed by atoms with Gasteiger partial charge in [0.2, 0.25) is 0 Å². The molecule has 7 heteroatoms. The van der Waals surface area contributed by atoms with Gasteiger partial charge in [0.25, 0.3) is 5.91 Å². The Labute approximate surface area is 207 Å². The molecule has 1 atom stereocenters. The Hall–Kier alpha value is -3.48. The molecular weight excluding hydrogens is 442 g/mol. The summed E-state index contributed by atoms with van der Waals surface area (Å²) in [5.41, 5.74) is 4.47. The molecule has 1 fully saturated rings. The zero-order chi connectivity index (χ0) is 24.9. The van der Waals surface area contributed by atoms with Gasteiger partial charge in [-0.3, -0.25) is 9.69 Å². The van der Waals surface area contributed by atoms with Crippen LogP contribution in [0.25, 0.3) is 5.57 Å². The molecule has 0 aromatic heterocycles. The van der Waals surface area contributed by atoms with Gasteiger partial charge < -0.3 is 20.1 Å². The lowest BCUT2D eigenvalue weighted by Gasteiger charge is -2.24. The molecule has 0 bridgehead atoms. The molecule has 7 nitrogen and oxygen atoms in total. The molecule has 0 radical (unpaired) electrons. The van der Waals surface area contributed by atoms with E-state index in [1.54, 1.807) is 26.2 Å². The van der Waals surface area contributed by atoms with Crippen molar-refractivity contribution in [1.29, 1.82) is 0 Å². The summed E-state index contributed by atoms with van der Waals surface area (Å²) in [6.07, 6.45) is 8.24. The van der Waals surface area contributed by atoms with Crippen LogP contribution in [0.15, 0.2) is 42.6 Å². The number of fused-ring (bicyclic) bond motifs is 1. The van der Waals surface area contributed by atoms with Gasteiger partial charge in [0, 0.05) is 36.5 Å². The minimum atomic E-state index is -0.176. The third-order valence-electron chi connectivity index (χ3n) is 7.00. The summed E-state index contributed by atoms with van der Waals surface area (Å²) in [5.74, 6) is 1.24. The first-order chi connectivity index (χ1) is 16.9. The largest absolute Gasteiger partial charge is 0.493 e. The predicted molar refractivity (Wildman–Crippen MR) is 137 cm³/mol. The number of urea groups is 1. The first-order valence-corrected chi connectivity index (χ1v) is 12.3. The van der Waals surface area contributed by atoms with Crippen LogP contribution in [0.4, 0.5) is 4.79 Å². The number of nitrogens with zero attached hydrogens (tertiary/aromatic N) is 1. The molecule has 0 spiro atoms. The van der Waals surface area contributed by atoms with E-state index in [2.05, 4.69) is 10.6 Å². The smallest absolute Gasteiger partial charge is 0.321 e. The van der Waals surface area contributed by atoms with Crippen molar-refractivity contribution in [3.63, 3.8) is 0 Å². The van der Waals surface area contributed by atoms with E-state index >= 15 is 0 Å². The maximum Gasteiger partial charge on any atom is 0.321 e. The SMILES string of the molecule is CNC(=O)N1C=C(c2ccc(C(=O)NC3CCCCC3)cc2)c2cc(OC)c(OC)cc2CC1C. The van der Waals surface area contributed by atoms with Crippen molar-refractivity contribution in [1.82, 2.24) is 15.5 Å². The number of rotatable bonds is 5. The van der Waals surface area contributed by atoms with Crippen molar-refractivity contribution in [2.75, 3.05) is 21.3 Å². The standard InChI is InChI=1S/C28H35N3O4/c1-18-14-21-15-25(34-3)26(35-4)16-23(21)24(17-31(18)28(33)29-2)19-10-12-20(13-11-19)27(32)30-22-8-6-5-7-9-22/h10-13,15-18,22H,5-9,14H2,1-4H3,(H,29,33)(H,30,32). The van der Waals surface area contributed by atoms with Gasteiger partial charge in [0.1, 0.15) is 0 Å². The zero-order valence-corrected chi connectivity index (χ0v) is 21.0. The van der Waals surface area contributed by atoms with Crippen LogP contribution in [0, 0.1) is 0 Å². The minimum absolute atomic E-state index is 0.0364. The van der Waals surface area contributed by atoms with Gasteiger partial charge >= 0.3 is 6.03 Å². The zero-order valence-electron chi connectivity index (χ0n) is 21.0. The number of carbonyl (C=O) groups is 2. The van der Waals surface area contributed by atoms with E-state index in [-0.39, 0.29) is 24.0 Å². The minimum Gasteiger partial charge on any atom is -0.493 e. The highest BCUT2D eigenvalue weighted by Gasteiger charge is 2.27. The average molecular weight is 478 g/mol. The molecule has 4 rings (SSSR count). The Bertz CT molecular complexity index is 1100. The summed E-state index contributed by atoms with van der Waals surface area (Å²) in [6.45, 7) is 2.02. The quantitative estimate of drug-likeness (QED) is 0.652. The highest BCUT2D eigenvalue weighted by atomic mass is 16.5.